The maximum Gasteiger partial charge on any atom is 0.225 e. The summed E-state index contributed by atoms with van der Waals surface area (Å²) in [6.45, 7) is 0. The topological polar surface area (TPSA) is 59.8 Å². The van der Waals surface area contributed by atoms with E-state index in [-0.39, 0.29) is 11.9 Å². The van der Waals surface area contributed by atoms with Gasteiger partial charge in [-0.15, -0.1) is 0 Å². The van der Waals surface area contributed by atoms with E-state index in [4.69, 9.17) is 0 Å². The molecule has 1 fully saturated rings. The Morgan fingerprint density at radius 2 is 2.15 bits per heavy atom. The molecule has 1 aliphatic rings. The van der Waals surface area contributed by atoms with Crippen molar-refractivity contribution in [2.45, 2.75) is 25.3 Å². The third kappa shape index (κ3) is 2.87. The number of imidazole rings is 1. The maximum atomic E-state index is 12.2. The van der Waals surface area contributed by atoms with E-state index in [0.717, 1.165) is 24.2 Å². The number of rotatable bonds is 5. The largest absolute Gasteiger partial charge is 0.346 e. The van der Waals surface area contributed by atoms with E-state index in [1.54, 1.807) is 18.6 Å². The quantitative estimate of drug-likeness (QED) is 0.898. The summed E-state index contributed by atoms with van der Waals surface area (Å²) in [6.07, 6.45) is 9.81. The Hall–Kier alpha value is -2.17. The molecule has 1 aliphatic carbocycles. The Kier molecular flexibility index (Phi) is 3.50. The summed E-state index contributed by atoms with van der Waals surface area (Å²) in [5.41, 5.74) is 0.979. The van der Waals surface area contributed by atoms with Crippen LogP contribution in [0.5, 0.6) is 0 Å². The number of nitrogens with one attached hydrogen (secondary N) is 1. The van der Waals surface area contributed by atoms with Gasteiger partial charge in [0.1, 0.15) is 5.82 Å². The average molecular weight is 270 g/mol. The van der Waals surface area contributed by atoms with Gasteiger partial charge in [-0.25, -0.2) is 4.98 Å². The van der Waals surface area contributed by atoms with Gasteiger partial charge in [0.15, 0.2) is 0 Å². The normalized spacial score (nSPS) is 15.8. The van der Waals surface area contributed by atoms with Gasteiger partial charge < -0.3 is 9.88 Å². The summed E-state index contributed by atoms with van der Waals surface area (Å²) in [5, 5.41) is 3.13. The molecular weight excluding hydrogens is 252 g/mol. The molecule has 0 aliphatic heterocycles. The molecule has 1 unspecified atom stereocenters. The molecule has 0 bridgehead atoms. The first-order valence-electron chi connectivity index (χ1n) is 6.89. The van der Waals surface area contributed by atoms with Gasteiger partial charge in [0.05, 0.1) is 12.5 Å². The Labute approximate surface area is 118 Å². The number of pyridine rings is 1. The number of aromatic nitrogens is 3. The van der Waals surface area contributed by atoms with Gasteiger partial charge in [0, 0.05) is 31.8 Å². The smallest absolute Gasteiger partial charge is 0.225 e. The number of hydrogen-bond donors (Lipinski definition) is 1. The minimum absolute atomic E-state index is 0.0318. The van der Waals surface area contributed by atoms with Crippen molar-refractivity contribution in [1.29, 1.82) is 0 Å². The second-order valence-corrected chi connectivity index (χ2v) is 5.31. The Balaban J connectivity index is 1.68. The second-order valence-electron chi connectivity index (χ2n) is 5.31. The van der Waals surface area contributed by atoms with E-state index in [1.807, 2.05) is 29.9 Å². The lowest BCUT2D eigenvalue weighted by Gasteiger charge is -2.18. The molecule has 104 valence electrons. The maximum absolute atomic E-state index is 12.2. The summed E-state index contributed by atoms with van der Waals surface area (Å²) < 4.78 is 1.98. The molecule has 2 aromatic rings. The Bertz CT molecular complexity index is 589. The zero-order chi connectivity index (χ0) is 13.9. The molecule has 2 heterocycles. The fourth-order valence-electron chi connectivity index (χ4n) is 2.41. The lowest BCUT2D eigenvalue weighted by atomic mass is 10.1. The second kappa shape index (κ2) is 5.45. The van der Waals surface area contributed by atoms with Crippen molar-refractivity contribution in [3.8, 4) is 0 Å². The van der Waals surface area contributed by atoms with Crippen LogP contribution in [0.3, 0.4) is 0 Å². The predicted octanol–water partition coefficient (Wildman–Crippen LogP) is 1.63. The molecule has 1 atom stereocenters. The van der Waals surface area contributed by atoms with E-state index < -0.39 is 0 Å². The van der Waals surface area contributed by atoms with E-state index >= 15 is 0 Å². The van der Waals surface area contributed by atoms with Crippen LogP contribution in [0.2, 0.25) is 0 Å². The van der Waals surface area contributed by atoms with E-state index in [1.165, 1.54) is 0 Å². The van der Waals surface area contributed by atoms with Gasteiger partial charge in [0.2, 0.25) is 5.91 Å². The standard InChI is InChI=1S/C15H18N4O/c1-19-9-8-17-15(19)14(12-2-3-12)18-13(20)10-11-4-6-16-7-5-11/h4-9,12,14H,2-3,10H2,1H3,(H,18,20). The molecule has 0 radical (unpaired) electrons. The molecule has 20 heavy (non-hydrogen) atoms. The lowest BCUT2D eigenvalue weighted by Crippen LogP contribution is -2.32. The van der Waals surface area contributed by atoms with Crippen molar-refractivity contribution < 1.29 is 4.79 Å². The molecule has 5 nitrogen and oxygen atoms in total. The fourth-order valence-corrected chi connectivity index (χ4v) is 2.41. The number of hydrogen-bond acceptors (Lipinski definition) is 3. The first-order valence-corrected chi connectivity index (χ1v) is 6.89. The Morgan fingerprint density at radius 3 is 2.75 bits per heavy atom. The summed E-state index contributed by atoms with van der Waals surface area (Å²) in [4.78, 5) is 20.5. The van der Waals surface area contributed by atoms with Crippen molar-refractivity contribution in [3.63, 3.8) is 0 Å². The predicted molar refractivity (Wildman–Crippen MR) is 74.8 cm³/mol. The molecule has 1 amide bonds. The van der Waals surface area contributed by atoms with Crippen molar-refractivity contribution in [3.05, 3.63) is 48.3 Å². The number of aryl methyl sites for hydroxylation is 1. The molecule has 2 aromatic heterocycles. The van der Waals surface area contributed by atoms with Gasteiger partial charge >= 0.3 is 0 Å². The van der Waals surface area contributed by atoms with Crippen molar-refractivity contribution in [1.82, 2.24) is 19.9 Å². The Morgan fingerprint density at radius 1 is 1.40 bits per heavy atom. The highest BCUT2D eigenvalue weighted by Crippen LogP contribution is 2.40. The van der Waals surface area contributed by atoms with Crippen molar-refractivity contribution in [2.24, 2.45) is 13.0 Å². The summed E-state index contributed by atoms with van der Waals surface area (Å²) in [6, 6.07) is 3.77. The fraction of sp³-hybridized carbons (Fsp3) is 0.400. The first kappa shape index (κ1) is 12.8. The highest BCUT2D eigenvalue weighted by atomic mass is 16.1. The monoisotopic (exact) mass is 270 g/mol. The van der Waals surface area contributed by atoms with Gasteiger partial charge in [-0.1, -0.05) is 0 Å². The number of carbonyl (C=O) groups excluding carboxylic acids is 1. The molecule has 5 heteroatoms. The highest BCUT2D eigenvalue weighted by Gasteiger charge is 2.35. The number of nitrogens with zero attached hydrogens (tertiary/aromatic N) is 3. The van der Waals surface area contributed by atoms with Crippen LogP contribution in [0.25, 0.3) is 0 Å². The van der Waals surface area contributed by atoms with Crippen LogP contribution in [0.1, 0.15) is 30.3 Å². The molecule has 0 saturated heterocycles. The van der Waals surface area contributed by atoms with Crippen LogP contribution in [0.15, 0.2) is 36.9 Å². The minimum Gasteiger partial charge on any atom is -0.346 e. The van der Waals surface area contributed by atoms with Crippen LogP contribution in [-0.4, -0.2) is 20.4 Å². The summed E-state index contributed by atoms with van der Waals surface area (Å²) in [7, 11) is 1.97. The van der Waals surface area contributed by atoms with Gasteiger partial charge in [-0.3, -0.25) is 9.78 Å². The van der Waals surface area contributed by atoms with Crippen LogP contribution in [0, 0.1) is 5.92 Å². The molecular formula is C15H18N4O. The van der Waals surface area contributed by atoms with Crippen LogP contribution < -0.4 is 5.32 Å². The third-order valence-corrected chi connectivity index (χ3v) is 3.66. The zero-order valence-electron chi connectivity index (χ0n) is 11.5. The summed E-state index contributed by atoms with van der Waals surface area (Å²) >= 11 is 0. The molecule has 3 rings (SSSR count). The van der Waals surface area contributed by atoms with Crippen LogP contribution >= 0.6 is 0 Å². The van der Waals surface area contributed by atoms with E-state index in [2.05, 4.69) is 15.3 Å². The molecule has 0 spiro atoms. The van der Waals surface area contributed by atoms with Gasteiger partial charge in [0.25, 0.3) is 0 Å². The van der Waals surface area contributed by atoms with Crippen LogP contribution in [-0.2, 0) is 18.3 Å². The molecule has 1 N–H and O–H groups in total. The zero-order valence-corrected chi connectivity index (χ0v) is 11.5. The molecule has 0 aromatic carbocycles. The minimum atomic E-state index is 0.0318. The van der Waals surface area contributed by atoms with E-state index in [9.17, 15) is 4.79 Å². The average Bonchev–Trinajstić information content (AvgIpc) is 3.20. The first-order chi connectivity index (χ1) is 9.74. The molecule has 1 saturated carbocycles. The SMILES string of the molecule is Cn1ccnc1C(NC(=O)Cc1ccncc1)C1CC1. The summed E-state index contributed by atoms with van der Waals surface area (Å²) in [5.74, 6) is 1.50. The van der Waals surface area contributed by atoms with Crippen molar-refractivity contribution >= 4 is 5.91 Å². The number of carbonyl (C=O) groups is 1. The van der Waals surface area contributed by atoms with E-state index in [0.29, 0.717) is 12.3 Å². The van der Waals surface area contributed by atoms with Gasteiger partial charge in [-0.05, 0) is 36.5 Å². The van der Waals surface area contributed by atoms with Crippen molar-refractivity contribution in [2.75, 3.05) is 0 Å². The highest BCUT2D eigenvalue weighted by molar-refractivity contribution is 5.78. The third-order valence-electron chi connectivity index (χ3n) is 3.66. The number of amides is 1. The van der Waals surface area contributed by atoms with Gasteiger partial charge in [-0.2, -0.15) is 0 Å². The van der Waals surface area contributed by atoms with Crippen LogP contribution in [0.4, 0.5) is 0 Å². The lowest BCUT2D eigenvalue weighted by molar-refractivity contribution is -0.121.